The monoisotopic (exact) mass is 290 g/mol. The Morgan fingerprint density at radius 3 is 2.55 bits per heavy atom. The van der Waals surface area contributed by atoms with Crippen LogP contribution in [0.2, 0.25) is 0 Å². The first kappa shape index (κ1) is 14.2. The van der Waals surface area contributed by atoms with Crippen molar-refractivity contribution in [2.75, 3.05) is 7.11 Å². The SMILES string of the molecule is COC(=O)C(NC(=O)c1scnc1C)c1ccccc1. The Bertz CT molecular complexity index is 610. The summed E-state index contributed by atoms with van der Waals surface area (Å²) < 4.78 is 4.75. The first-order valence-corrected chi connectivity index (χ1v) is 6.85. The zero-order valence-electron chi connectivity index (χ0n) is 11.1. The molecule has 1 atom stereocenters. The summed E-state index contributed by atoms with van der Waals surface area (Å²) in [6.07, 6.45) is 0. The van der Waals surface area contributed by atoms with Gasteiger partial charge in [0.2, 0.25) is 0 Å². The molecular weight excluding hydrogens is 276 g/mol. The van der Waals surface area contributed by atoms with Gasteiger partial charge in [0.15, 0.2) is 6.04 Å². The van der Waals surface area contributed by atoms with Crippen LogP contribution in [0.4, 0.5) is 0 Å². The average molecular weight is 290 g/mol. The number of hydrogen-bond donors (Lipinski definition) is 1. The van der Waals surface area contributed by atoms with Gasteiger partial charge in [-0.25, -0.2) is 9.78 Å². The van der Waals surface area contributed by atoms with Gasteiger partial charge in [-0.1, -0.05) is 30.3 Å². The molecular formula is C14H14N2O3S. The Balaban J connectivity index is 2.23. The van der Waals surface area contributed by atoms with Crippen LogP contribution >= 0.6 is 11.3 Å². The van der Waals surface area contributed by atoms with E-state index in [0.717, 1.165) is 0 Å². The molecule has 0 bridgehead atoms. The van der Waals surface area contributed by atoms with E-state index in [9.17, 15) is 9.59 Å². The summed E-state index contributed by atoms with van der Waals surface area (Å²) in [6, 6.07) is 8.15. The maximum Gasteiger partial charge on any atom is 0.333 e. The van der Waals surface area contributed by atoms with E-state index in [1.165, 1.54) is 18.4 Å². The van der Waals surface area contributed by atoms with Crippen LogP contribution in [0, 0.1) is 6.92 Å². The standard InChI is InChI=1S/C14H14N2O3S/c1-9-12(20-8-15-9)13(17)16-11(14(18)19-2)10-6-4-3-5-7-10/h3-8,11H,1-2H3,(H,16,17). The van der Waals surface area contributed by atoms with Crippen LogP contribution in [0.25, 0.3) is 0 Å². The molecule has 0 spiro atoms. The maximum atomic E-state index is 12.2. The molecule has 1 heterocycles. The van der Waals surface area contributed by atoms with Gasteiger partial charge in [-0.05, 0) is 12.5 Å². The number of aryl methyl sites for hydroxylation is 1. The smallest absolute Gasteiger partial charge is 0.333 e. The second-order valence-corrected chi connectivity index (χ2v) is 4.96. The van der Waals surface area contributed by atoms with Crippen molar-refractivity contribution in [2.24, 2.45) is 0 Å². The van der Waals surface area contributed by atoms with Crippen LogP contribution in [0.1, 0.15) is 27.0 Å². The van der Waals surface area contributed by atoms with Crippen LogP contribution in [0.3, 0.4) is 0 Å². The van der Waals surface area contributed by atoms with Crippen molar-refractivity contribution in [3.63, 3.8) is 0 Å². The van der Waals surface area contributed by atoms with E-state index in [-0.39, 0.29) is 5.91 Å². The largest absolute Gasteiger partial charge is 0.467 e. The lowest BCUT2D eigenvalue weighted by atomic mass is 10.1. The number of ether oxygens (including phenoxy) is 1. The highest BCUT2D eigenvalue weighted by atomic mass is 32.1. The number of carbonyl (C=O) groups excluding carboxylic acids is 2. The van der Waals surface area contributed by atoms with Gasteiger partial charge in [0.25, 0.3) is 5.91 Å². The minimum atomic E-state index is -0.824. The summed E-state index contributed by atoms with van der Waals surface area (Å²) in [5.41, 5.74) is 2.92. The molecule has 0 fully saturated rings. The maximum absolute atomic E-state index is 12.2. The Morgan fingerprint density at radius 1 is 1.30 bits per heavy atom. The van der Waals surface area contributed by atoms with Gasteiger partial charge in [0.1, 0.15) is 4.88 Å². The van der Waals surface area contributed by atoms with Gasteiger partial charge in [0.05, 0.1) is 18.3 Å². The second-order valence-electron chi connectivity index (χ2n) is 4.11. The third-order valence-electron chi connectivity index (χ3n) is 2.80. The minimum Gasteiger partial charge on any atom is -0.467 e. The molecule has 1 unspecified atom stereocenters. The Kier molecular flexibility index (Phi) is 4.47. The number of nitrogens with one attached hydrogen (secondary N) is 1. The number of hydrogen-bond acceptors (Lipinski definition) is 5. The Morgan fingerprint density at radius 2 is 2.00 bits per heavy atom. The van der Waals surface area contributed by atoms with Crippen molar-refractivity contribution in [1.82, 2.24) is 10.3 Å². The van der Waals surface area contributed by atoms with E-state index in [0.29, 0.717) is 16.1 Å². The van der Waals surface area contributed by atoms with E-state index in [1.54, 1.807) is 36.7 Å². The quantitative estimate of drug-likeness (QED) is 0.876. The second kappa shape index (κ2) is 6.29. The predicted molar refractivity (Wildman–Crippen MR) is 75.5 cm³/mol. The summed E-state index contributed by atoms with van der Waals surface area (Å²) in [7, 11) is 1.29. The van der Waals surface area contributed by atoms with Crippen LogP contribution in [-0.4, -0.2) is 24.0 Å². The van der Waals surface area contributed by atoms with Crippen molar-refractivity contribution in [2.45, 2.75) is 13.0 Å². The molecule has 20 heavy (non-hydrogen) atoms. The number of benzene rings is 1. The number of rotatable bonds is 4. The van der Waals surface area contributed by atoms with Crippen LogP contribution < -0.4 is 5.32 Å². The van der Waals surface area contributed by atoms with Gasteiger partial charge in [-0.3, -0.25) is 4.79 Å². The molecule has 1 aromatic heterocycles. The fraction of sp³-hybridized carbons (Fsp3) is 0.214. The molecule has 1 N–H and O–H groups in total. The van der Waals surface area contributed by atoms with Crippen molar-refractivity contribution in [3.8, 4) is 0 Å². The zero-order chi connectivity index (χ0) is 14.5. The molecule has 104 valence electrons. The number of nitrogens with zero attached hydrogens (tertiary/aromatic N) is 1. The van der Waals surface area contributed by atoms with Crippen LogP contribution in [0.5, 0.6) is 0 Å². The number of methoxy groups -OCH3 is 1. The summed E-state index contributed by atoms with van der Waals surface area (Å²) in [5, 5.41) is 2.68. The first-order chi connectivity index (χ1) is 9.63. The van der Waals surface area contributed by atoms with Crippen molar-refractivity contribution >= 4 is 23.2 Å². The van der Waals surface area contributed by atoms with Gasteiger partial charge >= 0.3 is 5.97 Å². The lowest BCUT2D eigenvalue weighted by Crippen LogP contribution is -2.34. The van der Waals surface area contributed by atoms with Gasteiger partial charge in [-0.2, -0.15) is 0 Å². The van der Waals surface area contributed by atoms with E-state index in [2.05, 4.69) is 10.3 Å². The van der Waals surface area contributed by atoms with Crippen molar-refractivity contribution in [3.05, 3.63) is 52.0 Å². The Labute approximate surface area is 120 Å². The number of esters is 1. The highest BCUT2D eigenvalue weighted by molar-refractivity contribution is 7.11. The molecule has 0 saturated carbocycles. The molecule has 2 aromatic rings. The predicted octanol–water partition coefficient (Wildman–Crippen LogP) is 2.10. The summed E-state index contributed by atoms with van der Waals surface area (Å²) >= 11 is 1.24. The van der Waals surface area contributed by atoms with E-state index in [4.69, 9.17) is 4.74 Å². The van der Waals surface area contributed by atoms with Crippen molar-refractivity contribution in [1.29, 1.82) is 0 Å². The van der Waals surface area contributed by atoms with Gasteiger partial charge in [0, 0.05) is 0 Å². The van der Waals surface area contributed by atoms with Gasteiger partial charge < -0.3 is 10.1 Å². The lowest BCUT2D eigenvalue weighted by molar-refractivity contribution is -0.143. The summed E-state index contributed by atoms with van der Waals surface area (Å²) in [6.45, 7) is 1.75. The topological polar surface area (TPSA) is 68.3 Å². The molecule has 0 radical (unpaired) electrons. The fourth-order valence-electron chi connectivity index (χ4n) is 1.76. The highest BCUT2D eigenvalue weighted by Crippen LogP contribution is 2.17. The van der Waals surface area contributed by atoms with Crippen molar-refractivity contribution < 1.29 is 14.3 Å². The molecule has 1 aromatic carbocycles. The van der Waals surface area contributed by atoms with Crippen LogP contribution in [0.15, 0.2) is 35.8 Å². The third kappa shape index (κ3) is 3.03. The number of amides is 1. The fourth-order valence-corrected chi connectivity index (χ4v) is 2.46. The molecule has 1 amide bonds. The first-order valence-electron chi connectivity index (χ1n) is 5.97. The van der Waals surface area contributed by atoms with Crippen LogP contribution in [-0.2, 0) is 9.53 Å². The van der Waals surface area contributed by atoms with E-state index in [1.807, 2.05) is 6.07 Å². The normalized spacial score (nSPS) is 11.7. The highest BCUT2D eigenvalue weighted by Gasteiger charge is 2.25. The van der Waals surface area contributed by atoms with E-state index >= 15 is 0 Å². The zero-order valence-corrected chi connectivity index (χ0v) is 11.9. The number of aromatic nitrogens is 1. The summed E-state index contributed by atoms with van der Waals surface area (Å²) in [5.74, 6) is -0.837. The molecule has 6 heteroatoms. The molecule has 0 aliphatic rings. The molecule has 2 rings (SSSR count). The van der Waals surface area contributed by atoms with E-state index < -0.39 is 12.0 Å². The minimum absolute atomic E-state index is 0.329. The third-order valence-corrected chi connectivity index (χ3v) is 3.72. The molecule has 0 aliphatic heterocycles. The van der Waals surface area contributed by atoms with Gasteiger partial charge in [-0.15, -0.1) is 11.3 Å². The molecule has 0 saturated heterocycles. The Hall–Kier alpha value is -2.21. The summed E-state index contributed by atoms with van der Waals surface area (Å²) in [4.78, 5) is 28.6. The average Bonchev–Trinajstić information content (AvgIpc) is 2.91. The number of carbonyl (C=O) groups is 2. The molecule has 0 aliphatic carbocycles. The molecule has 5 nitrogen and oxygen atoms in total. The number of thiazole rings is 1. The lowest BCUT2D eigenvalue weighted by Gasteiger charge is -2.16.